The largest absolute Gasteiger partial charge is 0.397 e. The molecule has 0 radical (unpaired) electrons. The van der Waals surface area contributed by atoms with E-state index in [0.29, 0.717) is 36.2 Å². The summed E-state index contributed by atoms with van der Waals surface area (Å²) in [7, 11) is 0. The fraction of sp³-hybridized carbons (Fsp3) is 0.417. The number of nitrogens with one attached hydrogen (secondary N) is 1. The summed E-state index contributed by atoms with van der Waals surface area (Å²) < 4.78 is 10.2. The van der Waals surface area contributed by atoms with Crippen LogP contribution in [-0.2, 0) is 14.3 Å². The average Bonchev–Trinajstić information content (AvgIpc) is 2.32. The van der Waals surface area contributed by atoms with Crippen molar-refractivity contribution in [1.82, 2.24) is 0 Å². The van der Waals surface area contributed by atoms with Crippen LogP contribution in [0.5, 0.6) is 0 Å². The highest BCUT2D eigenvalue weighted by atomic mass is 35.5. The summed E-state index contributed by atoms with van der Waals surface area (Å²) in [6, 6.07) is 4.88. The van der Waals surface area contributed by atoms with Crippen LogP contribution >= 0.6 is 11.6 Å². The van der Waals surface area contributed by atoms with Gasteiger partial charge in [-0.3, -0.25) is 4.79 Å². The molecule has 3 N–H and O–H groups in total. The van der Waals surface area contributed by atoms with Gasteiger partial charge in [0.25, 0.3) is 0 Å². The number of benzene rings is 1. The second-order valence-corrected chi connectivity index (χ2v) is 3.97. The minimum absolute atomic E-state index is 0.0326. The lowest BCUT2D eigenvalue weighted by atomic mass is 10.2. The van der Waals surface area contributed by atoms with Crippen molar-refractivity contribution in [2.45, 2.75) is 6.92 Å². The van der Waals surface area contributed by atoms with Gasteiger partial charge in [-0.2, -0.15) is 0 Å². The van der Waals surface area contributed by atoms with Crippen molar-refractivity contribution in [1.29, 1.82) is 0 Å². The Bertz CT molecular complexity index is 399. The fourth-order valence-electron chi connectivity index (χ4n) is 1.26. The molecule has 100 valence electrons. The van der Waals surface area contributed by atoms with Crippen LogP contribution < -0.4 is 11.1 Å². The monoisotopic (exact) mass is 272 g/mol. The molecule has 0 saturated heterocycles. The lowest BCUT2D eigenvalue weighted by Gasteiger charge is -2.09. The molecule has 1 rings (SSSR count). The maximum atomic E-state index is 11.5. The van der Waals surface area contributed by atoms with Crippen LogP contribution in [0.3, 0.4) is 0 Å². The van der Waals surface area contributed by atoms with Gasteiger partial charge in [0.05, 0.1) is 24.6 Å². The van der Waals surface area contributed by atoms with Gasteiger partial charge in [-0.15, -0.1) is 0 Å². The number of nitrogen functional groups attached to an aromatic ring is 1. The topological polar surface area (TPSA) is 73.6 Å². The van der Waals surface area contributed by atoms with Crippen molar-refractivity contribution in [3.8, 4) is 0 Å². The third kappa shape index (κ3) is 5.35. The summed E-state index contributed by atoms with van der Waals surface area (Å²) in [6.07, 6.45) is 0. The molecule has 18 heavy (non-hydrogen) atoms. The van der Waals surface area contributed by atoms with Gasteiger partial charge in [0.2, 0.25) is 5.91 Å². The number of hydrogen-bond donors (Lipinski definition) is 2. The SMILES string of the molecule is CCOCCOCC(=O)Nc1ccc(Cl)cc1N. The van der Waals surface area contributed by atoms with Gasteiger partial charge in [0.15, 0.2) is 0 Å². The molecule has 0 bridgehead atoms. The Morgan fingerprint density at radius 1 is 1.39 bits per heavy atom. The molecule has 1 aromatic carbocycles. The lowest BCUT2D eigenvalue weighted by molar-refractivity contribution is -0.121. The van der Waals surface area contributed by atoms with E-state index in [1.165, 1.54) is 0 Å². The van der Waals surface area contributed by atoms with E-state index in [9.17, 15) is 4.79 Å². The van der Waals surface area contributed by atoms with E-state index in [-0.39, 0.29) is 12.5 Å². The Labute approximate surface area is 111 Å². The number of ether oxygens (including phenoxy) is 2. The number of halogens is 1. The van der Waals surface area contributed by atoms with E-state index in [1.54, 1.807) is 18.2 Å². The van der Waals surface area contributed by atoms with Crippen molar-refractivity contribution in [2.24, 2.45) is 0 Å². The first-order valence-corrected chi connectivity index (χ1v) is 6.01. The number of rotatable bonds is 7. The highest BCUT2D eigenvalue weighted by molar-refractivity contribution is 6.31. The highest BCUT2D eigenvalue weighted by Gasteiger charge is 2.05. The second-order valence-electron chi connectivity index (χ2n) is 3.53. The summed E-state index contributed by atoms with van der Waals surface area (Å²) in [4.78, 5) is 11.5. The second kappa shape index (κ2) is 7.92. The van der Waals surface area contributed by atoms with Crippen LogP contribution in [0.25, 0.3) is 0 Å². The van der Waals surface area contributed by atoms with Gasteiger partial charge >= 0.3 is 0 Å². The number of nitrogens with two attached hydrogens (primary N) is 1. The summed E-state index contributed by atoms with van der Waals surface area (Å²) in [6.45, 7) is 3.37. The average molecular weight is 273 g/mol. The van der Waals surface area contributed by atoms with Gasteiger partial charge in [-0.25, -0.2) is 0 Å². The van der Waals surface area contributed by atoms with Crippen LogP contribution in [0.15, 0.2) is 18.2 Å². The molecule has 0 fully saturated rings. The van der Waals surface area contributed by atoms with Crippen LogP contribution in [0.2, 0.25) is 5.02 Å². The first-order chi connectivity index (χ1) is 8.63. The molecule has 6 heteroatoms. The molecular weight excluding hydrogens is 256 g/mol. The van der Waals surface area contributed by atoms with Crippen molar-refractivity contribution < 1.29 is 14.3 Å². The predicted molar refractivity (Wildman–Crippen MR) is 71.8 cm³/mol. The normalized spacial score (nSPS) is 10.3. The summed E-state index contributed by atoms with van der Waals surface area (Å²) in [5.74, 6) is -0.263. The standard InChI is InChI=1S/C12H17ClN2O3/c1-2-17-5-6-18-8-12(16)15-11-4-3-9(13)7-10(11)14/h3-4,7H,2,5-6,8,14H2,1H3,(H,15,16). The highest BCUT2D eigenvalue weighted by Crippen LogP contribution is 2.22. The molecule has 0 aliphatic heterocycles. The van der Waals surface area contributed by atoms with Crippen LogP contribution in [0, 0.1) is 0 Å². The summed E-state index contributed by atoms with van der Waals surface area (Å²) in [5, 5.41) is 3.17. The summed E-state index contributed by atoms with van der Waals surface area (Å²) >= 11 is 5.75. The molecule has 0 aromatic heterocycles. The molecule has 1 aromatic rings. The third-order valence-corrected chi connectivity index (χ3v) is 2.33. The Morgan fingerprint density at radius 2 is 2.11 bits per heavy atom. The molecule has 0 heterocycles. The van der Waals surface area contributed by atoms with E-state index in [4.69, 9.17) is 26.8 Å². The van der Waals surface area contributed by atoms with E-state index in [0.717, 1.165) is 0 Å². The van der Waals surface area contributed by atoms with Crippen LogP contribution in [0.1, 0.15) is 6.92 Å². The first-order valence-electron chi connectivity index (χ1n) is 5.64. The van der Waals surface area contributed by atoms with Crippen molar-refractivity contribution in [2.75, 3.05) is 37.5 Å². The van der Waals surface area contributed by atoms with Gasteiger partial charge in [0, 0.05) is 11.6 Å². The molecule has 0 atom stereocenters. The number of carbonyl (C=O) groups is 1. The van der Waals surface area contributed by atoms with E-state index < -0.39 is 0 Å². The molecule has 0 aliphatic carbocycles. The zero-order valence-corrected chi connectivity index (χ0v) is 11.0. The molecule has 0 saturated carbocycles. The van der Waals surface area contributed by atoms with Gasteiger partial charge < -0.3 is 20.5 Å². The van der Waals surface area contributed by atoms with E-state index in [2.05, 4.69) is 5.32 Å². The summed E-state index contributed by atoms with van der Waals surface area (Å²) in [5.41, 5.74) is 6.65. The van der Waals surface area contributed by atoms with Crippen molar-refractivity contribution in [3.05, 3.63) is 23.2 Å². The minimum atomic E-state index is -0.263. The molecule has 0 aliphatic rings. The predicted octanol–water partition coefficient (Wildman–Crippen LogP) is 1.91. The molecular formula is C12H17ClN2O3. The Morgan fingerprint density at radius 3 is 2.78 bits per heavy atom. The number of amides is 1. The van der Waals surface area contributed by atoms with Crippen LogP contribution in [-0.4, -0.2) is 32.3 Å². The fourth-order valence-corrected chi connectivity index (χ4v) is 1.44. The van der Waals surface area contributed by atoms with Crippen LogP contribution in [0.4, 0.5) is 11.4 Å². The van der Waals surface area contributed by atoms with Gasteiger partial charge in [-0.1, -0.05) is 11.6 Å². The zero-order chi connectivity index (χ0) is 13.4. The number of carbonyl (C=O) groups excluding carboxylic acids is 1. The maximum absolute atomic E-state index is 11.5. The van der Waals surface area contributed by atoms with Crippen molar-refractivity contribution in [3.63, 3.8) is 0 Å². The first kappa shape index (κ1) is 14.8. The van der Waals surface area contributed by atoms with E-state index >= 15 is 0 Å². The van der Waals surface area contributed by atoms with Gasteiger partial charge in [0.1, 0.15) is 6.61 Å². The molecule has 0 spiro atoms. The quantitative estimate of drug-likeness (QED) is 0.587. The Hall–Kier alpha value is -1.30. The van der Waals surface area contributed by atoms with E-state index in [1.807, 2.05) is 6.92 Å². The molecule has 5 nitrogen and oxygen atoms in total. The molecule has 1 amide bonds. The Kier molecular flexibility index (Phi) is 6.49. The maximum Gasteiger partial charge on any atom is 0.250 e. The number of hydrogen-bond acceptors (Lipinski definition) is 4. The van der Waals surface area contributed by atoms with Gasteiger partial charge in [-0.05, 0) is 25.1 Å². The Balaban J connectivity index is 2.31. The number of anilines is 2. The van der Waals surface area contributed by atoms with Crippen molar-refractivity contribution >= 4 is 28.9 Å². The lowest BCUT2D eigenvalue weighted by Crippen LogP contribution is -2.20. The minimum Gasteiger partial charge on any atom is -0.397 e. The smallest absolute Gasteiger partial charge is 0.250 e. The zero-order valence-electron chi connectivity index (χ0n) is 10.2. The molecule has 0 unspecified atom stereocenters. The third-order valence-electron chi connectivity index (χ3n) is 2.10.